The van der Waals surface area contributed by atoms with Crippen LogP contribution in [-0.4, -0.2) is 16.1 Å². The Morgan fingerprint density at radius 3 is 2.68 bits per heavy atom. The highest BCUT2D eigenvalue weighted by Crippen LogP contribution is 2.32. The molecular formula is C16H16Cl2N2OS. The van der Waals surface area contributed by atoms with Crippen LogP contribution in [-0.2, 0) is 4.79 Å². The van der Waals surface area contributed by atoms with Gasteiger partial charge >= 0.3 is 0 Å². The van der Waals surface area contributed by atoms with E-state index in [0.717, 1.165) is 10.6 Å². The lowest BCUT2D eigenvalue weighted by Gasteiger charge is -2.17. The topological polar surface area (TPSA) is 42.0 Å². The quantitative estimate of drug-likeness (QED) is 0.788. The first-order valence-electron chi connectivity index (χ1n) is 6.80. The predicted molar refractivity (Wildman–Crippen MR) is 92.6 cm³/mol. The van der Waals surface area contributed by atoms with E-state index in [1.165, 1.54) is 11.8 Å². The maximum absolute atomic E-state index is 12.3. The van der Waals surface area contributed by atoms with Gasteiger partial charge in [0.2, 0.25) is 5.91 Å². The Labute approximate surface area is 144 Å². The number of carbonyl (C=O) groups is 1. The minimum atomic E-state index is -0.290. The smallest absolute Gasteiger partial charge is 0.233 e. The second-order valence-electron chi connectivity index (χ2n) is 4.82. The van der Waals surface area contributed by atoms with E-state index < -0.39 is 0 Å². The van der Waals surface area contributed by atoms with E-state index in [1.54, 1.807) is 24.4 Å². The first kappa shape index (κ1) is 17.1. The lowest BCUT2D eigenvalue weighted by Crippen LogP contribution is -2.33. The largest absolute Gasteiger partial charge is 0.347 e. The van der Waals surface area contributed by atoms with Crippen molar-refractivity contribution in [1.82, 2.24) is 10.3 Å². The molecule has 0 unspecified atom stereocenters. The molecule has 1 aromatic heterocycles. The van der Waals surface area contributed by atoms with Gasteiger partial charge in [0.05, 0.1) is 22.0 Å². The zero-order valence-electron chi connectivity index (χ0n) is 12.2. The third-order valence-electron chi connectivity index (χ3n) is 3.06. The molecular weight excluding hydrogens is 339 g/mol. The van der Waals surface area contributed by atoms with Crippen LogP contribution in [0.1, 0.15) is 25.6 Å². The van der Waals surface area contributed by atoms with Gasteiger partial charge in [-0.25, -0.2) is 0 Å². The average molecular weight is 355 g/mol. The minimum Gasteiger partial charge on any atom is -0.347 e. The van der Waals surface area contributed by atoms with Gasteiger partial charge in [-0.2, -0.15) is 0 Å². The van der Waals surface area contributed by atoms with Gasteiger partial charge in [-0.05, 0) is 44.2 Å². The second-order valence-corrected chi connectivity index (χ2v) is 7.05. The van der Waals surface area contributed by atoms with Gasteiger partial charge in [0.1, 0.15) is 0 Å². The summed E-state index contributed by atoms with van der Waals surface area (Å²) in [5.41, 5.74) is 0.828. The molecule has 6 heteroatoms. The molecule has 0 saturated carbocycles. The predicted octanol–water partition coefficient (Wildman–Crippen LogP) is 4.75. The van der Waals surface area contributed by atoms with Crippen molar-refractivity contribution in [2.45, 2.75) is 30.0 Å². The molecule has 0 saturated heterocycles. The van der Waals surface area contributed by atoms with Gasteiger partial charge < -0.3 is 5.32 Å². The number of pyridine rings is 1. The van der Waals surface area contributed by atoms with Crippen molar-refractivity contribution in [3.05, 3.63) is 58.3 Å². The Bertz CT molecular complexity index is 652. The Kier molecular flexibility index (Phi) is 6.12. The molecule has 0 aliphatic rings. The van der Waals surface area contributed by atoms with Gasteiger partial charge in [-0.3, -0.25) is 9.78 Å². The van der Waals surface area contributed by atoms with Gasteiger partial charge in [-0.15, -0.1) is 11.8 Å². The molecule has 116 valence electrons. The number of amides is 1. The van der Waals surface area contributed by atoms with Crippen molar-refractivity contribution >= 4 is 40.9 Å². The number of aromatic nitrogens is 1. The van der Waals surface area contributed by atoms with E-state index in [-0.39, 0.29) is 17.2 Å². The summed E-state index contributed by atoms with van der Waals surface area (Å²) in [4.78, 5) is 17.3. The van der Waals surface area contributed by atoms with Crippen molar-refractivity contribution in [3.63, 3.8) is 0 Å². The summed E-state index contributed by atoms with van der Waals surface area (Å²) in [6.07, 6.45) is 1.71. The summed E-state index contributed by atoms with van der Waals surface area (Å²) in [6.45, 7) is 3.74. The maximum atomic E-state index is 12.3. The molecule has 1 heterocycles. The molecule has 0 aliphatic heterocycles. The monoisotopic (exact) mass is 354 g/mol. The van der Waals surface area contributed by atoms with Crippen LogP contribution in [0.25, 0.3) is 0 Å². The number of nitrogens with one attached hydrogen (secondary N) is 1. The third kappa shape index (κ3) is 4.63. The molecule has 2 rings (SSSR count). The first-order valence-corrected chi connectivity index (χ1v) is 8.44. The van der Waals surface area contributed by atoms with Crippen LogP contribution < -0.4 is 5.32 Å². The average Bonchev–Trinajstić information content (AvgIpc) is 2.51. The van der Waals surface area contributed by atoms with Crippen LogP contribution in [0.3, 0.4) is 0 Å². The summed E-state index contributed by atoms with van der Waals surface area (Å²) in [7, 11) is 0. The first-order chi connectivity index (χ1) is 10.5. The summed E-state index contributed by atoms with van der Waals surface area (Å²) >= 11 is 13.5. The Morgan fingerprint density at radius 2 is 2.00 bits per heavy atom. The molecule has 1 amide bonds. The lowest BCUT2D eigenvalue weighted by atomic mass is 10.2. The SMILES string of the molecule is C[C@H](Sc1cc(Cl)ccc1Cl)C(=O)N[C@@H](C)c1ccccn1. The Balaban J connectivity index is 1.99. The van der Waals surface area contributed by atoms with Crippen molar-refractivity contribution in [1.29, 1.82) is 0 Å². The van der Waals surface area contributed by atoms with Gasteiger partial charge in [0, 0.05) is 16.1 Å². The molecule has 0 fully saturated rings. The second kappa shape index (κ2) is 7.86. The van der Waals surface area contributed by atoms with E-state index in [0.29, 0.717) is 10.0 Å². The number of hydrogen-bond acceptors (Lipinski definition) is 3. The highest BCUT2D eigenvalue weighted by atomic mass is 35.5. The highest BCUT2D eigenvalue weighted by Gasteiger charge is 2.19. The van der Waals surface area contributed by atoms with E-state index in [2.05, 4.69) is 10.3 Å². The van der Waals surface area contributed by atoms with Crippen molar-refractivity contribution in [3.8, 4) is 0 Å². The van der Waals surface area contributed by atoms with Crippen molar-refractivity contribution < 1.29 is 4.79 Å². The fraction of sp³-hybridized carbons (Fsp3) is 0.250. The number of benzene rings is 1. The fourth-order valence-electron chi connectivity index (χ4n) is 1.85. The lowest BCUT2D eigenvalue weighted by molar-refractivity contribution is -0.120. The molecule has 0 aliphatic carbocycles. The standard InChI is InChI=1S/C16H16Cl2N2OS/c1-10(14-5-3-4-8-19-14)20-16(21)11(2)22-15-9-12(17)6-7-13(15)18/h3-11H,1-2H3,(H,20,21)/t10-,11-/m0/s1. The third-order valence-corrected chi connectivity index (χ3v) is 4.89. The summed E-state index contributed by atoms with van der Waals surface area (Å²) in [5.74, 6) is -0.0702. The fourth-order valence-corrected chi connectivity index (χ4v) is 3.27. The van der Waals surface area contributed by atoms with Crippen LogP contribution >= 0.6 is 35.0 Å². The highest BCUT2D eigenvalue weighted by molar-refractivity contribution is 8.00. The van der Waals surface area contributed by atoms with E-state index in [1.807, 2.05) is 32.0 Å². The van der Waals surface area contributed by atoms with Gasteiger partial charge in [0.25, 0.3) is 0 Å². The van der Waals surface area contributed by atoms with Crippen LogP contribution in [0.5, 0.6) is 0 Å². The minimum absolute atomic E-state index is 0.0702. The van der Waals surface area contributed by atoms with Crippen LogP contribution in [0, 0.1) is 0 Å². The number of nitrogens with zero attached hydrogens (tertiary/aromatic N) is 1. The molecule has 0 spiro atoms. The van der Waals surface area contributed by atoms with Crippen molar-refractivity contribution in [2.24, 2.45) is 0 Å². The molecule has 2 aromatic rings. The van der Waals surface area contributed by atoms with E-state index in [4.69, 9.17) is 23.2 Å². The molecule has 0 bridgehead atoms. The molecule has 3 nitrogen and oxygen atoms in total. The maximum Gasteiger partial charge on any atom is 0.233 e. The zero-order valence-corrected chi connectivity index (χ0v) is 14.5. The molecule has 0 radical (unpaired) electrons. The molecule has 1 aromatic carbocycles. The van der Waals surface area contributed by atoms with E-state index in [9.17, 15) is 4.79 Å². The van der Waals surface area contributed by atoms with Crippen molar-refractivity contribution in [2.75, 3.05) is 0 Å². The summed E-state index contributed by atoms with van der Waals surface area (Å²) in [6, 6.07) is 10.7. The number of thioether (sulfide) groups is 1. The number of rotatable bonds is 5. The Hall–Kier alpha value is -1.23. The normalized spacial score (nSPS) is 13.5. The number of hydrogen-bond donors (Lipinski definition) is 1. The molecule has 1 N–H and O–H groups in total. The molecule has 22 heavy (non-hydrogen) atoms. The molecule has 2 atom stereocenters. The number of carbonyl (C=O) groups excluding carboxylic acids is 1. The van der Waals surface area contributed by atoms with E-state index >= 15 is 0 Å². The zero-order chi connectivity index (χ0) is 16.1. The van der Waals surface area contributed by atoms with Crippen LogP contribution in [0.15, 0.2) is 47.5 Å². The Morgan fingerprint density at radius 1 is 1.23 bits per heavy atom. The number of halogens is 2. The summed E-state index contributed by atoms with van der Waals surface area (Å²) < 4.78 is 0. The van der Waals surface area contributed by atoms with Crippen LogP contribution in [0.4, 0.5) is 0 Å². The summed E-state index contributed by atoms with van der Waals surface area (Å²) in [5, 5.41) is 3.85. The van der Waals surface area contributed by atoms with Gasteiger partial charge in [-0.1, -0.05) is 29.3 Å². The van der Waals surface area contributed by atoms with Crippen LogP contribution in [0.2, 0.25) is 10.0 Å². The van der Waals surface area contributed by atoms with Gasteiger partial charge in [0.15, 0.2) is 0 Å².